The smallest absolute Gasteiger partial charge is 0.378 e. The zero-order chi connectivity index (χ0) is 20.3. The fourth-order valence-electron chi connectivity index (χ4n) is 2.80. The monoisotopic (exact) mass is 381 g/mol. The van der Waals surface area contributed by atoms with Crippen LogP contribution in [0, 0.1) is 13.8 Å². The minimum atomic E-state index is -0.753. The van der Waals surface area contributed by atoms with E-state index in [1.165, 1.54) is 15.0 Å². The molecule has 0 saturated carbocycles. The highest BCUT2D eigenvalue weighted by molar-refractivity contribution is 5.88. The van der Waals surface area contributed by atoms with Gasteiger partial charge in [-0.15, -0.1) is 5.10 Å². The summed E-state index contributed by atoms with van der Waals surface area (Å²) in [5, 5.41) is 4.10. The van der Waals surface area contributed by atoms with Gasteiger partial charge in [0.05, 0.1) is 0 Å². The van der Waals surface area contributed by atoms with Gasteiger partial charge in [0.15, 0.2) is 6.61 Å². The lowest BCUT2D eigenvalue weighted by atomic mass is 10.1. The summed E-state index contributed by atoms with van der Waals surface area (Å²) in [4.78, 5) is 34.3. The van der Waals surface area contributed by atoms with Crippen molar-refractivity contribution in [1.82, 2.24) is 24.5 Å². The molecule has 0 spiro atoms. The third-order valence-electron chi connectivity index (χ3n) is 4.40. The van der Waals surface area contributed by atoms with E-state index in [0.29, 0.717) is 12.3 Å². The molecule has 146 valence electrons. The maximum atomic E-state index is 12.3. The van der Waals surface area contributed by atoms with Gasteiger partial charge < -0.3 is 9.64 Å². The molecule has 3 rings (SSSR count). The molecule has 0 aliphatic rings. The number of carbonyl (C=O) groups excluding carboxylic acids is 2. The molecule has 0 bridgehead atoms. The van der Waals surface area contributed by atoms with Crippen molar-refractivity contribution in [2.24, 2.45) is 0 Å². The second-order valence-corrected chi connectivity index (χ2v) is 6.68. The van der Waals surface area contributed by atoms with E-state index >= 15 is 0 Å². The van der Waals surface area contributed by atoms with Gasteiger partial charge in [0.2, 0.25) is 0 Å². The van der Waals surface area contributed by atoms with E-state index in [9.17, 15) is 9.59 Å². The number of hydrogen-bond acceptors (Lipinski definition) is 6. The van der Waals surface area contributed by atoms with Gasteiger partial charge in [-0.25, -0.2) is 14.3 Å². The maximum Gasteiger partial charge on any atom is 0.378 e. The van der Waals surface area contributed by atoms with Crippen molar-refractivity contribution in [2.45, 2.75) is 33.7 Å². The van der Waals surface area contributed by atoms with Crippen molar-refractivity contribution in [3.05, 3.63) is 58.7 Å². The molecule has 0 unspecified atom stereocenters. The van der Waals surface area contributed by atoms with E-state index in [4.69, 9.17) is 4.74 Å². The maximum absolute atomic E-state index is 12.3. The number of ether oxygens (including phenoxy) is 1. The first-order valence-electron chi connectivity index (χ1n) is 9.07. The largest absolute Gasteiger partial charge is 0.450 e. The van der Waals surface area contributed by atoms with E-state index in [-0.39, 0.29) is 18.3 Å². The number of nitrogens with zero attached hydrogens (tertiary/aromatic N) is 5. The van der Waals surface area contributed by atoms with Crippen LogP contribution in [0.1, 0.15) is 40.1 Å². The third kappa shape index (κ3) is 4.33. The number of rotatable bonds is 6. The molecule has 2 aromatic heterocycles. The van der Waals surface area contributed by atoms with Crippen molar-refractivity contribution in [2.75, 3.05) is 13.7 Å². The predicted octanol–water partition coefficient (Wildman–Crippen LogP) is 2.12. The van der Waals surface area contributed by atoms with Gasteiger partial charge in [0.25, 0.3) is 17.5 Å². The van der Waals surface area contributed by atoms with E-state index in [1.807, 2.05) is 44.2 Å². The van der Waals surface area contributed by atoms with Crippen molar-refractivity contribution in [3.8, 4) is 0 Å². The number of esters is 1. The quantitative estimate of drug-likeness (QED) is 0.608. The van der Waals surface area contributed by atoms with Crippen LogP contribution in [0.3, 0.4) is 0 Å². The van der Waals surface area contributed by atoms with Crippen LogP contribution in [0.4, 0.5) is 0 Å². The molecule has 0 saturated heterocycles. The Morgan fingerprint density at radius 1 is 1.11 bits per heavy atom. The Morgan fingerprint density at radius 3 is 2.46 bits per heavy atom. The van der Waals surface area contributed by atoms with Crippen molar-refractivity contribution < 1.29 is 14.3 Å². The highest BCUT2D eigenvalue weighted by Crippen LogP contribution is 2.09. The van der Waals surface area contributed by atoms with Gasteiger partial charge in [0, 0.05) is 25.0 Å². The lowest BCUT2D eigenvalue weighted by Gasteiger charge is -2.17. The summed E-state index contributed by atoms with van der Waals surface area (Å²) in [6.45, 7) is 5.84. The molecule has 0 aliphatic carbocycles. The highest BCUT2D eigenvalue weighted by Gasteiger charge is 2.19. The normalized spacial score (nSPS) is 10.9. The summed E-state index contributed by atoms with van der Waals surface area (Å²) in [7, 11) is 1.67. The van der Waals surface area contributed by atoms with E-state index in [0.717, 1.165) is 23.4 Å². The van der Waals surface area contributed by atoms with E-state index in [2.05, 4.69) is 22.0 Å². The van der Waals surface area contributed by atoms with Gasteiger partial charge in [0.1, 0.15) is 0 Å². The van der Waals surface area contributed by atoms with Crippen LogP contribution in [0.15, 0.2) is 30.3 Å². The zero-order valence-electron chi connectivity index (χ0n) is 16.5. The number of fused-ring (bicyclic) bond motifs is 1. The van der Waals surface area contributed by atoms with Crippen LogP contribution >= 0.6 is 0 Å². The molecule has 1 aromatic carbocycles. The summed E-state index contributed by atoms with van der Waals surface area (Å²) < 4.78 is 6.56. The molecular weight excluding hydrogens is 358 g/mol. The minimum Gasteiger partial charge on any atom is -0.450 e. The average molecular weight is 381 g/mol. The first-order valence-corrected chi connectivity index (χ1v) is 9.07. The fraction of sp³-hybridized carbons (Fsp3) is 0.350. The molecular formula is C20H23N5O3. The summed E-state index contributed by atoms with van der Waals surface area (Å²) in [5.74, 6) is -0.853. The first-order chi connectivity index (χ1) is 13.4. The Balaban J connectivity index is 1.58. The van der Waals surface area contributed by atoms with Crippen molar-refractivity contribution in [3.63, 3.8) is 0 Å². The van der Waals surface area contributed by atoms with Crippen LogP contribution < -0.4 is 0 Å². The third-order valence-corrected chi connectivity index (χ3v) is 4.40. The van der Waals surface area contributed by atoms with Crippen molar-refractivity contribution in [1.29, 1.82) is 0 Å². The van der Waals surface area contributed by atoms with Crippen LogP contribution in [0.25, 0.3) is 5.78 Å². The highest BCUT2D eigenvalue weighted by atomic mass is 16.5. The van der Waals surface area contributed by atoms with Gasteiger partial charge >= 0.3 is 5.97 Å². The molecule has 2 heterocycles. The molecule has 0 fully saturated rings. The van der Waals surface area contributed by atoms with Crippen molar-refractivity contribution >= 4 is 17.7 Å². The number of aryl methyl sites for hydroxylation is 3. The number of amides is 1. The number of hydrogen-bond donors (Lipinski definition) is 0. The summed E-state index contributed by atoms with van der Waals surface area (Å²) in [5.41, 5.74) is 3.84. The summed E-state index contributed by atoms with van der Waals surface area (Å²) in [6.07, 6.45) is 0.969. The molecule has 0 aliphatic heterocycles. The molecule has 0 radical (unpaired) electrons. The number of carbonyl (C=O) groups is 2. The molecule has 3 aromatic rings. The van der Waals surface area contributed by atoms with Crippen LogP contribution in [0.5, 0.6) is 0 Å². The minimum absolute atomic E-state index is 0.119. The number of likely N-dealkylation sites (N-methyl/N-ethyl adjacent to an activating group) is 1. The molecule has 0 atom stereocenters. The van der Waals surface area contributed by atoms with Gasteiger partial charge in [-0.3, -0.25) is 4.79 Å². The summed E-state index contributed by atoms with van der Waals surface area (Å²) in [6, 6.07) is 9.91. The lowest BCUT2D eigenvalue weighted by Crippen LogP contribution is -2.31. The Kier molecular flexibility index (Phi) is 5.67. The Hall–Kier alpha value is -3.29. The van der Waals surface area contributed by atoms with Crippen LogP contribution in [0.2, 0.25) is 0 Å². The number of benzene rings is 1. The SMILES string of the molecule is CCc1ccc(CN(C)C(=O)COC(=O)c2nc3nc(C)cc(C)n3n2)cc1. The van der Waals surface area contributed by atoms with Crippen LogP contribution in [-0.4, -0.2) is 50.0 Å². The Bertz CT molecular complexity index is 1010. The predicted molar refractivity (Wildman–Crippen MR) is 103 cm³/mol. The second-order valence-electron chi connectivity index (χ2n) is 6.68. The second kappa shape index (κ2) is 8.16. The van der Waals surface area contributed by atoms with Crippen LogP contribution in [-0.2, 0) is 22.5 Å². The van der Waals surface area contributed by atoms with E-state index < -0.39 is 5.97 Å². The summed E-state index contributed by atoms with van der Waals surface area (Å²) >= 11 is 0. The number of aromatic nitrogens is 4. The average Bonchev–Trinajstić information content (AvgIpc) is 3.10. The lowest BCUT2D eigenvalue weighted by molar-refractivity contribution is -0.133. The molecule has 1 amide bonds. The molecule has 8 nitrogen and oxygen atoms in total. The topological polar surface area (TPSA) is 89.7 Å². The fourth-order valence-corrected chi connectivity index (χ4v) is 2.80. The first kappa shape index (κ1) is 19.5. The molecule has 8 heteroatoms. The Morgan fingerprint density at radius 2 is 1.79 bits per heavy atom. The van der Waals surface area contributed by atoms with Gasteiger partial charge in [-0.1, -0.05) is 31.2 Å². The van der Waals surface area contributed by atoms with Gasteiger partial charge in [-0.05, 0) is 37.5 Å². The zero-order valence-corrected chi connectivity index (χ0v) is 16.5. The molecule has 28 heavy (non-hydrogen) atoms. The standard InChI is InChI=1S/C20H23N5O3/c1-5-15-6-8-16(9-7-15)11-24(4)17(26)12-28-19(27)18-22-20-21-13(2)10-14(3)25(20)23-18/h6-10H,5,11-12H2,1-4H3. The van der Waals surface area contributed by atoms with Gasteiger partial charge in [-0.2, -0.15) is 4.98 Å². The molecule has 0 N–H and O–H groups in total. The van der Waals surface area contributed by atoms with E-state index in [1.54, 1.807) is 7.05 Å². The Labute approximate surface area is 163 Å².